The van der Waals surface area contributed by atoms with E-state index in [1.165, 1.54) is 0 Å². The molecule has 0 saturated carbocycles. The molecular weight excluding hydrogens is 454 g/mol. The lowest BCUT2D eigenvalue weighted by Crippen LogP contribution is -2.46. The Labute approximate surface area is 210 Å². The van der Waals surface area contributed by atoms with Crippen LogP contribution in [0.2, 0.25) is 0 Å². The van der Waals surface area contributed by atoms with Crippen LogP contribution in [-0.4, -0.2) is 43.1 Å². The van der Waals surface area contributed by atoms with Gasteiger partial charge in [-0.3, -0.25) is 9.59 Å². The van der Waals surface area contributed by atoms with Gasteiger partial charge in [-0.15, -0.1) is 0 Å². The van der Waals surface area contributed by atoms with Crippen molar-refractivity contribution in [3.8, 4) is 11.5 Å². The maximum Gasteiger partial charge on any atom is 0.267 e. The molecule has 0 bridgehead atoms. The van der Waals surface area contributed by atoms with Gasteiger partial charge < -0.3 is 24.7 Å². The van der Waals surface area contributed by atoms with E-state index < -0.39 is 6.10 Å². The Kier molecular flexibility index (Phi) is 6.62. The summed E-state index contributed by atoms with van der Waals surface area (Å²) < 4.78 is 11.0. The molecule has 0 unspecified atom stereocenters. The van der Waals surface area contributed by atoms with Gasteiger partial charge in [-0.1, -0.05) is 42.5 Å². The van der Waals surface area contributed by atoms with Crippen molar-refractivity contribution in [1.29, 1.82) is 0 Å². The summed E-state index contributed by atoms with van der Waals surface area (Å²) in [4.78, 5) is 30.7. The minimum Gasteiger partial charge on any atom is -0.497 e. The Morgan fingerprint density at radius 3 is 2.64 bits per heavy atom. The third-order valence-electron chi connectivity index (χ3n) is 6.65. The first-order chi connectivity index (χ1) is 17.5. The topological polar surface area (TPSA) is 83.7 Å². The number of nitrogens with zero attached hydrogens (tertiary/aromatic N) is 1. The zero-order chi connectivity index (χ0) is 25.1. The normalized spacial score (nSPS) is 15.8. The third kappa shape index (κ3) is 4.64. The van der Waals surface area contributed by atoms with Crippen LogP contribution >= 0.6 is 0 Å². The van der Waals surface area contributed by atoms with Crippen LogP contribution in [0, 0.1) is 0 Å². The number of benzene rings is 3. The number of para-hydroxylation sites is 3. The van der Waals surface area contributed by atoms with E-state index in [2.05, 4.69) is 16.4 Å². The van der Waals surface area contributed by atoms with Crippen LogP contribution in [-0.2, 0) is 9.59 Å². The molecule has 0 aliphatic carbocycles. The number of anilines is 1. The highest BCUT2D eigenvalue weighted by Gasteiger charge is 2.31. The van der Waals surface area contributed by atoms with E-state index >= 15 is 0 Å². The quantitative estimate of drug-likeness (QED) is 0.383. The van der Waals surface area contributed by atoms with E-state index in [4.69, 9.17) is 9.47 Å². The van der Waals surface area contributed by atoms with Crippen LogP contribution in [0.5, 0.6) is 11.5 Å². The van der Waals surface area contributed by atoms with E-state index in [0.717, 1.165) is 27.8 Å². The number of aromatic amines is 1. The van der Waals surface area contributed by atoms with Gasteiger partial charge in [-0.25, -0.2) is 0 Å². The Hall–Kier alpha value is -4.26. The molecule has 5 rings (SSSR count). The van der Waals surface area contributed by atoms with Crippen LogP contribution in [0.3, 0.4) is 0 Å². The Morgan fingerprint density at radius 1 is 1.08 bits per heavy atom. The second-order valence-corrected chi connectivity index (χ2v) is 8.89. The minimum atomic E-state index is -0.579. The minimum absolute atomic E-state index is 0.0539. The number of nitrogens with one attached hydrogen (secondary N) is 2. The molecule has 0 radical (unpaired) electrons. The fourth-order valence-electron chi connectivity index (χ4n) is 4.73. The van der Waals surface area contributed by atoms with Crippen LogP contribution in [0.4, 0.5) is 5.69 Å². The molecule has 2 atom stereocenters. The van der Waals surface area contributed by atoms with Crippen LogP contribution < -0.4 is 19.7 Å². The molecule has 184 valence electrons. The number of fused-ring (bicyclic) bond motifs is 2. The van der Waals surface area contributed by atoms with Crippen molar-refractivity contribution in [2.75, 3.05) is 25.1 Å². The standard InChI is InChI=1S/C29H29N3O4/c1-19-29(34)32(26-9-5-6-10-27(26)36-19)16-15-28(33)31-17-23(20-11-13-21(35-2)14-12-20)24-18-30-25-8-4-3-7-22(24)25/h3-14,18-19,23,30H,15-17H2,1-2H3,(H,31,33)/t19-,23+/m1/s1. The maximum atomic E-state index is 12.9. The summed E-state index contributed by atoms with van der Waals surface area (Å²) in [7, 11) is 1.64. The van der Waals surface area contributed by atoms with E-state index in [1.807, 2.05) is 72.9 Å². The molecule has 0 saturated heterocycles. The Morgan fingerprint density at radius 2 is 1.83 bits per heavy atom. The van der Waals surface area contributed by atoms with E-state index in [9.17, 15) is 9.59 Å². The lowest BCUT2D eigenvalue weighted by Gasteiger charge is -2.32. The van der Waals surface area contributed by atoms with Gasteiger partial charge >= 0.3 is 0 Å². The van der Waals surface area contributed by atoms with Crippen molar-refractivity contribution < 1.29 is 19.1 Å². The molecule has 1 aromatic heterocycles. The number of aromatic nitrogens is 1. The first kappa shape index (κ1) is 23.5. The zero-order valence-electron chi connectivity index (χ0n) is 20.4. The summed E-state index contributed by atoms with van der Waals surface area (Å²) in [6.45, 7) is 2.44. The van der Waals surface area contributed by atoms with Gasteiger partial charge in [0, 0.05) is 42.5 Å². The van der Waals surface area contributed by atoms with Crippen molar-refractivity contribution >= 4 is 28.4 Å². The van der Waals surface area contributed by atoms with E-state index in [0.29, 0.717) is 18.0 Å². The van der Waals surface area contributed by atoms with Crippen molar-refractivity contribution in [3.63, 3.8) is 0 Å². The van der Waals surface area contributed by atoms with Gasteiger partial charge in [-0.05, 0) is 48.4 Å². The highest BCUT2D eigenvalue weighted by Crippen LogP contribution is 2.34. The number of ether oxygens (including phenoxy) is 2. The van der Waals surface area contributed by atoms with Crippen molar-refractivity contribution in [1.82, 2.24) is 10.3 Å². The third-order valence-corrected chi connectivity index (χ3v) is 6.65. The molecule has 36 heavy (non-hydrogen) atoms. The molecule has 0 fully saturated rings. The van der Waals surface area contributed by atoms with Gasteiger partial charge in [0.1, 0.15) is 11.5 Å². The van der Waals surface area contributed by atoms with E-state index in [1.54, 1.807) is 18.9 Å². The molecule has 2 N–H and O–H groups in total. The average Bonchev–Trinajstić information content (AvgIpc) is 3.33. The number of hydrogen-bond acceptors (Lipinski definition) is 4. The number of amides is 2. The lowest BCUT2D eigenvalue weighted by atomic mass is 9.90. The first-order valence-corrected chi connectivity index (χ1v) is 12.1. The van der Waals surface area contributed by atoms with Crippen LogP contribution in [0.1, 0.15) is 30.4 Å². The summed E-state index contributed by atoms with van der Waals surface area (Å²) in [6.07, 6.45) is 1.62. The smallest absolute Gasteiger partial charge is 0.267 e. The number of H-pyrrole nitrogens is 1. The average molecular weight is 484 g/mol. The molecule has 2 heterocycles. The highest BCUT2D eigenvalue weighted by molar-refractivity contribution is 6.00. The monoisotopic (exact) mass is 483 g/mol. The molecule has 1 aliphatic rings. The summed E-state index contributed by atoms with van der Waals surface area (Å²) >= 11 is 0. The molecule has 3 aromatic carbocycles. The molecule has 1 aliphatic heterocycles. The fourth-order valence-corrected chi connectivity index (χ4v) is 4.73. The predicted molar refractivity (Wildman–Crippen MR) is 140 cm³/mol. The van der Waals surface area contributed by atoms with Crippen LogP contribution in [0.15, 0.2) is 79.0 Å². The lowest BCUT2D eigenvalue weighted by molar-refractivity contribution is -0.125. The number of rotatable bonds is 8. The zero-order valence-corrected chi connectivity index (χ0v) is 20.4. The maximum absolute atomic E-state index is 12.9. The van der Waals surface area contributed by atoms with Crippen molar-refractivity contribution in [2.45, 2.75) is 25.4 Å². The largest absolute Gasteiger partial charge is 0.497 e. The number of carbonyl (C=O) groups excluding carboxylic acids is 2. The number of hydrogen-bond donors (Lipinski definition) is 2. The molecule has 4 aromatic rings. The predicted octanol–water partition coefficient (Wildman–Crippen LogP) is 4.63. The summed E-state index contributed by atoms with van der Waals surface area (Å²) in [6, 6.07) is 23.5. The van der Waals surface area contributed by atoms with Gasteiger partial charge in [-0.2, -0.15) is 0 Å². The molecule has 7 nitrogen and oxygen atoms in total. The molecule has 2 amide bonds. The first-order valence-electron chi connectivity index (χ1n) is 12.1. The Bertz CT molecular complexity index is 1380. The summed E-state index contributed by atoms with van der Waals surface area (Å²) in [5.41, 5.74) is 3.94. The summed E-state index contributed by atoms with van der Waals surface area (Å²) in [5, 5.41) is 4.22. The van der Waals surface area contributed by atoms with E-state index in [-0.39, 0.29) is 30.7 Å². The van der Waals surface area contributed by atoms with Gasteiger partial charge in [0.05, 0.1) is 12.8 Å². The number of methoxy groups -OCH3 is 1. The second-order valence-electron chi connectivity index (χ2n) is 8.89. The van der Waals surface area contributed by atoms with Crippen LogP contribution in [0.25, 0.3) is 10.9 Å². The van der Waals surface area contributed by atoms with Crippen molar-refractivity contribution in [3.05, 3.63) is 90.1 Å². The summed E-state index contributed by atoms with van der Waals surface area (Å²) in [5.74, 6) is 1.13. The second kappa shape index (κ2) is 10.2. The van der Waals surface area contributed by atoms with Gasteiger partial charge in [0.15, 0.2) is 6.10 Å². The SMILES string of the molecule is COc1ccc([C@H](CNC(=O)CCN2C(=O)[C@@H](C)Oc3ccccc32)c2c[nH]c3ccccc23)cc1. The highest BCUT2D eigenvalue weighted by atomic mass is 16.5. The molecule has 0 spiro atoms. The fraction of sp³-hybridized carbons (Fsp3) is 0.241. The van der Waals surface area contributed by atoms with Gasteiger partial charge in [0.25, 0.3) is 5.91 Å². The number of carbonyl (C=O) groups is 2. The van der Waals surface area contributed by atoms with Gasteiger partial charge in [0.2, 0.25) is 5.91 Å². The van der Waals surface area contributed by atoms with Crippen molar-refractivity contribution in [2.24, 2.45) is 0 Å². The Balaban J connectivity index is 1.31. The molecule has 7 heteroatoms. The molecular formula is C29H29N3O4.